The molecule has 2 unspecified atom stereocenters. The molecule has 2 atom stereocenters. The van der Waals surface area contributed by atoms with Gasteiger partial charge in [-0.15, -0.1) is 0 Å². The number of aliphatic hydroxyl groups is 1. The summed E-state index contributed by atoms with van der Waals surface area (Å²) in [6.45, 7) is 9.05. The summed E-state index contributed by atoms with van der Waals surface area (Å²) in [6.07, 6.45) is 0.804. The highest BCUT2D eigenvalue weighted by atomic mass is 32.1. The minimum Gasteiger partial charge on any atom is -0.396 e. The average molecular weight is 241 g/mol. The maximum absolute atomic E-state index is 9.11. The van der Waals surface area contributed by atoms with Crippen LogP contribution in [0.1, 0.15) is 45.7 Å². The second kappa shape index (κ2) is 5.80. The summed E-state index contributed by atoms with van der Waals surface area (Å²) < 4.78 is 0. The molecule has 2 N–H and O–H groups in total. The van der Waals surface area contributed by atoms with Gasteiger partial charge in [0.1, 0.15) is 0 Å². The molecular formula is C13H23NOS. The van der Waals surface area contributed by atoms with Crippen molar-refractivity contribution < 1.29 is 5.11 Å². The van der Waals surface area contributed by atoms with Gasteiger partial charge in [-0.05, 0) is 41.1 Å². The molecule has 92 valence electrons. The quantitative estimate of drug-likeness (QED) is 0.830. The molecule has 0 saturated carbocycles. The fourth-order valence-electron chi connectivity index (χ4n) is 1.81. The number of thiophene rings is 1. The SMILES string of the molecule is CC(NC(CCO)C(C)(C)C)c1ccsc1. The van der Waals surface area contributed by atoms with Crippen LogP contribution in [0.5, 0.6) is 0 Å². The predicted octanol–water partition coefficient (Wildman–Crippen LogP) is 3.20. The highest BCUT2D eigenvalue weighted by molar-refractivity contribution is 7.07. The van der Waals surface area contributed by atoms with Crippen molar-refractivity contribution in [1.29, 1.82) is 0 Å². The number of hydrogen-bond acceptors (Lipinski definition) is 3. The molecule has 1 heterocycles. The smallest absolute Gasteiger partial charge is 0.0446 e. The molecule has 0 aliphatic heterocycles. The van der Waals surface area contributed by atoms with Crippen LogP contribution in [0.3, 0.4) is 0 Å². The van der Waals surface area contributed by atoms with E-state index in [1.165, 1.54) is 5.56 Å². The molecule has 0 aromatic carbocycles. The van der Waals surface area contributed by atoms with Crippen LogP contribution in [0, 0.1) is 5.41 Å². The highest BCUT2D eigenvalue weighted by Gasteiger charge is 2.25. The lowest BCUT2D eigenvalue weighted by Gasteiger charge is -2.33. The molecule has 0 spiro atoms. The van der Waals surface area contributed by atoms with E-state index >= 15 is 0 Å². The summed E-state index contributed by atoms with van der Waals surface area (Å²) in [4.78, 5) is 0. The van der Waals surface area contributed by atoms with Crippen LogP contribution in [-0.4, -0.2) is 17.8 Å². The first-order valence-corrected chi connectivity index (χ1v) is 6.78. The van der Waals surface area contributed by atoms with E-state index in [1.807, 2.05) is 0 Å². The van der Waals surface area contributed by atoms with Gasteiger partial charge in [0.25, 0.3) is 0 Å². The first-order valence-electron chi connectivity index (χ1n) is 5.84. The van der Waals surface area contributed by atoms with E-state index in [0.29, 0.717) is 12.1 Å². The van der Waals surface area contributed by atoms with E-state index < -0.39 is 0 Å². The second-order valence-electron chi connectivity index (χ2n) is 5.38. The summed E-state index contributed by atoms with van der Waals surface area (Å²) in [7, 11) is 0. The Morgan fingerprint density at radius 3 is 2.56 bits per heavy atom. The van der Waals surface area contributed by atoms with Crippen molar-refractivity contribution in [2.24, 2.45) is 5.41 Å². The molecule has 2 nitrogen and oxygen atoms in total. The summed E-state index contributed by atoms with van der Waals surface area (Å²) in [6, 6.07) is 2.84. The van der Waals surface area contributed by atoms with E-state index in [0.717, 1.165) is 6.42 Å². The fraction of sp³-hybridized carbons (Fsp3) is 0.692. The minimum atomic E-state index is 0.174. The largest absolute Gasteiger partial charge is 0.396 e. The standard InChI is InChI=1S/C13H23NOS/c1-10(11-6-8-16-9-11)14-12(5-7-15)13(2,3)4/h6,8-10,12,14-15H,5,7H2,1-4H3. The molecule has 0 aliphatic carbocycles. The van der Waals surface area contributed by atoms with E-state index in [4.69, 9.17) is 5.11 Å². The Labute approximate surface area is 103 Å². The van der Waals surface area contributed by atoms with E-state index in [-0.39, 0.29) is 12.0 Å². The van der Waals surface area contributed by atoms with Crippen molar-refractivity contribution in [3.8, 4) is 0 Å². The highest BCUT2D eigenvalue weighted by Crippen LogP contribution is 2.25. The Bertz CT molecular complexity index is 289. The van der Waals surface area contributed by atoms with Crippen molar-refractivity contribution in [3.05, 3.63) is 22.4 Å². The Morgan fingerprint density at radius 1 is 1.44 bits per heavy atom. The van der Waals surface area contributed by atoms with Crippen LogP contribution < -0.4 is 5.32 Å². The molecule has 1 aromatic heterocycles. The Kier molecular flexibility index (Phi) is 4.96. The normalized spacial score (nSPS) is 16.1. The zero-order valence-corrected chi connectivity index (χ0v) is 11.5. The number of aliphatic hydroxyl groups excluding tert-OH is 1. The van der Waals surface area contributed by atoms with Crippen LogP contribution >= 0.6 is 11.3 Å². The van der Waals surface area contributed by atoms with Gasteiger partial charge < -0.3 is 10.4 Å². The van der Waals surface area contributed by atoms with Crippen LogP contribution in [-0.2, 0) is 0 Å². The van der Waals surface area contributed by atoms with Gasteiger partial charge in [0, 0.05) is 18.7 Å². The van der Waals surface area contributed by atoms with Crippen LogP contribution in [0.25, 0.3) is 0 Å². The average Bonchev–Trinajstić information content (AvgIpc) is 2.68. The zero-order chi connectivity index (χ0) is 12.2. The van der Waals surface area contributed by atoms with Crippen LogP contribution in [0.2, 0.25) is 0 Å². The predicted molar refractivity (Wildman–Crippen MR) is 70.8 cm³/mol. The Hall–Kier alpha value is -0.380. The summed E-state index contributed by atoms with van der Waals surface area (Å²) in [5.74, 6) is 0. The maximum Gasteiger partial charge on any atom is 0.0446 e. The van der Waals surface area contributed by atoms with Crippen LogP contribution in [0.15, 0.2) is 16.8 Å². The molecule has 0 amide bonds. The molecule has 0 radical (unpaired) electrons. The fourth-order valence-corrected chi connectivity index (χ4v) is 2.57. The van der Waals surface area contributed by atoms with Gasteiger partial charge in [-0.3, -0.25) is 0 Å². The van der Waals surface area contributed by atoms with Gasteiger partial charge in [0.05, 0.1) is 0 Å². The monoisotopic (exact) mass is 241 g/mol. The van der Waals surface area contributed by atoms with Gasteiger partial charge in [-0.25, -0.2) is 0 Å². The molecule has 1 aromatic rings. The first kappa shape index (κ1) is 13.7. The topological polar surface area (TPSA) is 32.3 Å². The van der Waals surface area contributed by atoms with E-state index in [2.05, 4.69) is 49.8 Å². The van der Waals surface area contributed by atoms with Gasteiger partial charge >= 0.3 is 0 Å². The number of nitrogens with one attached hydrogen (secondary N) is 1. The lowest BCUT2D eigenvalue weighted by Crippen LogP contribution is -2.42. The molecule has 0 bridgehead atoms. The molecule has 1 rings (SSSR count). The van der Waals surface area contributed by atoms with Crippen molar-refractivity contribution >= 4 is 11.3 Å². The minimum absolute atomic E-state index is 0.174. The summed E-state index contributed by atoms with van der Waals surface area (Å²) in [5.41, 5.74) is 1.50. The third-order valence-electron chi connectivity index (χ3n) is 2.96. The second-order valence-corrected chi connectivity index (χ2v) is 6.16. The van der Waals surface area contributed by atoms with Crippen LogP contribution in [0.4, 0.5) is 0 Å². The molecule has 16 heavy (non-hydrogen) atoms. The Morgan fingerprint density at radius 2 is 2.12 bits per heavy atom. The van der Waals surface area contributed by atoms with Gasteiger partial charge in [0.15, 0.2) is 0 Å². The van der Waals surface area contributed by atoms with Gasteiger partial charge in [-0.1, -0.05) is 20.8 Å². The molecule has 0 aliphatic rings. The molecule has 3 heteroatoms. The number of hydrogen-bond donors (Lipinski definition) is 2. The van der Waals surface area contributed by atoms with Crippen molar-refractivity contribution in [2.75, 3.05) is 6.61 Å². The van der Waals surface area contributed by atoms with Crippen molar-refractivity contribution in [1.82, 2.24) is 5.32 Å². The Balaban J connectivity index is 2.62. The van der Waals surface area contributed by atoms with Gasteiger partial charge in [-0.2, -0.15) is 11.3 Å². The molecular weight excluding hydrogens is 218 g/mol. The molecule has 0 saturated heterocycles. The van der Waals surface area contributed by atoms with Gasteiger partial charge in [0.2, 0.25) is 0 Å². The maximum atomic E-state index is 9.11. The lowest BCUT2D eigenvalue weighted by atomic mass is 9.84. The summed E-state index contributed by atoms with van der Waals surface area (Å²) >= 11 is 1.73. The molecule has 0 fully saturated rings. The van der Waals surface area contributed by atoms with Crippen molar-refractivity contribution in [3.63, 3.8) is 0 Å². The lowest BCUT2D eigenvalue weighted by molar-refractivity contribution is 0.188. The third-order valence-corrected chi connectivity index (χ3v) is 3.66. The first-order chi connectivity index (χ1) is 7.45. The van der Waals surface area contributed by atoms with Crippen molar-refractivity contribution in [2.45, 2.75) is 46.2 Å². The summed E-state index contributed by atoms with van der Waals surface area (Å²) in [5, 5.41) is 17.0. The number of rotatable bonds is 5. The van der Waals surface area contributed by atoms with E-state index in [1.54, 1.807) is 11.3 Å². The van der Waals surface area contributed by atoms with E-state index in [9.17, 15) is 0 Å². The third kappa shape index (κ3) is 3.89. The zero-order valence-electron chi connectivity index (χ0n) is 10.7.